The molecule has 0 aliphatic heterocycles. The standard InChI is InChI=1S/C16H13N5OS2/c1-11-4-2-3-5-13(11)21-10-18-20-16(21)24-9-14(22)19-15-12(8-17)6-7-23-15/h2-7,10H,9H2,1H3,(H,19,22). The van der Waals surface area contributed by atoms with E-state index in [1.165, 1.54) is 23.1 Å². The summed E-state index contributed by atoms with van der Waals surface area (Å²) in [7, 11) is 0. The summed E-state index contributed by atoms with van der Waals surface area (Å²) in [5, 5.41) is 22.7. The minimum absolute atomic E-state index is 0.182. The SMILES string of the molecule is Cc1ccccc1-n1cnnc1SCC(=O)Nc1sccc1C#N. The van der Waals surface area contributed by atoms with E-state index >= 15 is 0 Å². The van der Waals surface area contributed by atoms with E-state index in [0.29, 0.717) is 15.7 Å². The van der Waals surface area contributed by atoms with Crippen LogP contribution in [0.2, 0.25) is 0 Å². The molecule has 0 spiro atoms. The summed E-state index contributed by atoms with van der Waals surface area (Å²) < 4.78 is 1.86. The highest BCUT2D eigenvalue weighted by atomic mass is 32.2. The Labute approximate surface area is 147 Å². The molecule has 0 saturated carbocycles. The van der Waals surface area contributed by atoms with E-state index in [9.17, 15) is 4.79 Å². The maximum Gasteiger partial charge on any atom is 0.235 e. The van der Waals surface area contributed by atoms with Gasteiger partial charge in [0, 0.05) is 0 Å². The van der Waals surface area contributed by atoms with Gasteiger partial charge in [0.05, 0.1) is 17.0 Å². The molecule has 6 nitrogen and oxygen atoms in total. The molecule has 0 bridgehead atoms. The number of benzene rings is 1. The van der Waals surface area contributed by atoms with Gasteiger partial charge in [0.15, 0.2) is 5.16 Å². The van der Waals surface area contributed by atoms with E-state index in [0.717, 1.165) is 11.3 Å². The predicted molar refractivity (Wildman–Crippen MR) is 94.5 cm³/mol. The Hall–Kier alpha value is -2.63. The number of anilines is 1. The summed E-state index contributed by atoms with van der Waals surface area (Å²) in [6, 6.07) is 11.6. The second-order valence-corrected chi connectivity index (χ2v) is 6.74. The normalized spacial score (nSPS) is 10.3. The van der Waals surface area contributed by atoms with Crippen molar-refractivity contribution in [3.8, 4) is 11.8 Å². The van der Waals surface area contributed by atoms with Gasteiger partial charge in [-0.15, -0.1) is 21.5 Å². The number of aryl methyl sites for hydroxylation is 1. The number of nitriles is 1. The zero-order chi connectivity index (χ0) is 16.9. The van der Waals surface area contributed by atoms with Gasteiger partial charge in [-0.3, -0.25) is 9.36 Å². The Bertz CT molecular complexity index is 909. The number of aromatic nitrogens is 3. The van der Waals surface area contributed by atoms with Crippen LogP contribution in [0.5, 0.6) is 0 Å². The number of amides is 1. The number of nitrogens with zero attached hydrogens (tertiary/aromatic N) is 4. The van der Waals surface area contributed by atoms with E-state index in [1.54, 1.807) is 17.8 Å². The molecule has 3 rings (SSSR count). The molecule has 2 heterocycles. The van der Waals surface area contributed by atoms with Crippen molar-refractivity contribution in [3.05, 3.63) is 53.2 Å². The van der Waals surface area contributed by atoms with Crippen molar-refractivity contribution in [3.63, 3.8) is 0 Å². The number of carbonyl (C=O) groups excluding carboxylic acids is 1. The molecular weight excluding hydrogens is 342 g/mol. The maximum absolute atomic E-state index is 12.1. The van der Waals surface area contributed by atoms with Gasteiger partial charge in [-0.05, 0) is 30.0 Å². The average molecular weight is 355 g/mol. The first kappa shape index (κ1) is 16.2. The van der Waals surface area contributed by atoms with E-state index in [4.69, 9.17) is 5.26 Å². The third-order valence-corrected chi connectivity index (χ3v) is 5.04. The van der Waals surface area contributed by atoms with Gasteiger partial charge in [-0.1, -0.05) is 30.0 Å². The molecule has 0 fully saturated rings. The molecule has 1 amide bonds. The van der Waals surface area contributed by atoms with E-state index in [2.05, 4.69) is 15.5 Å². The summed E-state index contributed by atoms with van der Waals surface area (Å²) in [5.41, 5.74) is 2.55. The van der Waals surface area contributed by atoms with Crippen LogP contribution in [0.4, 0.5) is 5.00 Å². The second kappa shape index (κ2) is 7.29. The van der Waals surface area contributed by atoms with Crippen molar-refractivity contribution in [2.75, 3.05) is 11.1 Å². The number of hydrogen-bond acceptors (Lipinski definition) is 6. The van der Waals surface area contributed by atoms with Crippen LogP contribution in [-0.4, -0.2) is 26.4 Å². The molecule has 1 N–H and O–H groups in total. The number of thiophene rings is 1. The van der Waals surface area contributed by atoms with Crippen LogP contribution >= 0.6 is 23.1 Å². The molecule has 3 aromatic rings. The quantitative estimate of drug-likeness (QED) is 0.710. The van der Waals surface area contributed by atoms with Crippen LogP contribution in [0.1, 0.15) is 11.1 Å². The van der Waals surface area contributed by atoms with Gasteiger partial charge in [-0.2, -0.15) is 5.26 Å². The zero-order valence-corrected chi connectivity index (χ0v) is 14.4. The lowest BCUT2D eigenvalue weighted by atomic mass is 10.2. The molecule has 8 heteroatoms. The van der Waals surface area contributed by atoms with Crippen LogP contribution in [0, 0.1) is 18.3 Å². The average Bonchev–Trinajstić information content (AvgIpc) is 3.22. The van der Waals surface area contributed by atoms with Crippen molar-refractivity contribution in [2.45, 2.75) is 12.1 Å². The van der Waals surface area contributed by atoms with Gasteiger partial charge < -0.3 is 5.32 Å². The third-order valence-electron chi connectivity index (χ3n) is 3.26. The van der Waals surface area contributed by atoms with Gasteiger partial charge in [0.25, 0.3) is 0 Å². The Morgan fingerprint density at radius 1 is 1.42 bits per heavy atom. The molecule has 1 aromatic carbocycles. The summed E-state index contributed by atoms with van der Waals surface area (Å²) in [6.07, 6.45) is 1.63. The van der Waals surface area contributed by atoms with Crippen molar-refractivity contribution in [2.24, 2.45) is 0 Å². The number of thioether (sulfide) groups is 1. The zero-order valence-electron chi connectivity index (χ0n) is 12.8. The molecule has 0 atom stereocenters. The van der Waals surface area contributed by atoms with Crippen molar-refractivity contribution in [1.29, 1.82) is 5.26 Å². The van der Waals surface area contributed by atoms with Crippen molar-refractivity contribution in [1.82, 2.24) is 14.8 Å². The summed E-state index contributed by atoms with van der Waals surface area (Å²) in [4.78, 5) is 12.1. The van der Waals surface area contributed by atoms with Crippen LogP contribution < -0.4 is 5.32 Å². The van der Waals surface area contributed by atoms with Gasteiger partial charge in [-0.25, -0.2) is 0 Å². The first-order valence-electron chi connectivity index (χ1n) is 7.05. The molecular formula is C16H13N5OS2. The van der Waals surface area contributed by atoms with Crippen LogP contribution in [0.3, 0.4) is 0 Å². The molecule has 0 saturated heterocycles. The Morgan fingerprint density at radius 2 is 2.25 bits per heavy atom. The molecule has 2 aromatic heterocycles. The highest BCUT2D eigenvalue weighted by Gasteiger charge is 2.13. The van der Waals surface area contributed by atoms with Crippen molar-refractivity contribution < 1.29 is 4.79 Å². The second-order valence-electron chi connectivity index (χ2n) is 4.88. The number of nitrogens with one attached hydrogen (secondary N) is 1. The number of para-hydroxylation sites is 1. The lowest BCUT2D eigenvalue weighted by Crippen LogP contribution is -2.14. The Morgan fingerprint density at radius 3 is 3.04 bits per heavy atom. The minimum Gasteiger partial charge on any atom is -0.316 e. The van der Waals surface area contributed by atoms with Crippen LogP contribution in [0.25, 0.3) is 5.69 Å². The van der Waals surface area contributed by atoms with Gasteiger partial charge in [0.1, 0.15) is 17.4 Å². The molecule has 0 aliphatic rings. The fraction of sp³-hybridized carbons (Fsp3) is 0.125. The fourth-order valence-corrected chi connectivity index (χ4v) is 3.58. The Balaban J connectivity index is 1.68. The topological polar surface area (TPSA) is 83.6 Å². The third kappa shape index (κ3) is 3.48. The van der Waals surface area contributed by atoms with Crippen LogP contribution in [0.15, 0.2) is 47.2 Å². The Kier molecular flexibility index (Phi) is 4.93. The van der Waals surface area contributed by atoms with E-state index in [-0.39, 0.29) is 11.7 Å². The lowest BCUT2D eigenvalue weighted by molar-refractivity contribution is -0.113. The minimum atomic E-state index is -0.182. The van der Waals surface area contributed by atoms with Gasteiger partial charge in [0.2, 0.25) is 5.91 Å². The van der Waals surface area contributed by atoms with E-state index < -0.39 is 0 Å². The maximum atomic E-state index is 12.1. The van der Waals surface area contributed by atoms with E-state index in [1.807, 2.05) is 41.8 Å². The fourth-order valence-electron chi connectivity index (χ4n) is 2.11. The summed E-state index contributed by atoms with van der Waals surface area (Å²) >= 11 is 2.63. The first-order valence-corrected chi connectivity index (χ1v) is 8.92. The monoisotopic (exact) mass is 355 g/mol. The molecule has 0 unspecified atom stereocenters. The molecule has 120 valence electrons. The summed E-state index contributed by atoms with van der Waals surface area (Å²) in [5.74, 6) is 0.00570. The van der Waals surface area contributed by atoms with Crippen LogP contribution in [-0.2, 0) is 4.79 Å². The highest BCUT2D eigenvalue weighted by molar-refractivity contribution is 7.99. The number of hydrogen-bond donors (Lipinski definition) is 1. The largest absolute Gasteiger partial charge is 0.316 e. The van der Waals surface area contributed by atoms with Gasteiger partial charge >= 0.3 is 0 Å². The number of carbonyl (C=O) groups is 1. The highest BCUT2D eigenvalue weighted by Crippen LogP contribution is 2.24. The first-order chi connectivity index (χ1) is 11.7. The predicted octanol–water partition coefficient (Wildman–Crippen LogP) is 3.24. The molecule has 0 radical (unpaired) electrons. The lowest BCUT2D eigenvalue weighted by Gasteiger charge is -2.09. The molecule has 24 heavy (non-hydrogen) atoms. The summed E-state index contributed by atoms with van der Waals surface area (Å²) in [6.45, 7) is 2.01. The smallest absolute Gasteiger partial charge is 0.235 e. The number of rotatable bonds is 5. The van der Waals surface area contributed by atoms with Crippen molar-refractivity contribution >= 4 is 34.0 Å². The molecule has 0 aliphatic carbocycles.